The van der Waals surface area contributed by atoms with Crippen molar-refractivity contribution in [1.82, 2.24) is 15.1 Å². The van der Waals surface area contributed by atoms with Crippen LogP contribution < -0.4 is 5.32 Å². The van der Waals surface area contributed by atoms with E-state index in [0.29, 0.717) is 24.2 Å². The third-order valence-electron chi connectivity index (χ3n) is 4.31. The Morgan fingerprint density at radius 3 is 2.72 bits per heavy atom. The first kappa shape index (κ1) is 18.0. The van der Waals surface area contributed by atoms with Gasteiger partial charge in [-0.05, 0) is 44.3 Å². The molecule has 1 fully saturated rings. The number of carbonyl (C=O) groups excluding carboxylic acids is 1. The molecular formula is C18H24N4O2S. The molecule has 0 unspecified atom stereocenters. The van der Waals surface area contributed by atoms with Gasteiger partial charge in [-0.2, -0.15) is 0 Å². The Morgan fingerprint density at radius 2 is 2.04 bits per heavy atom. The highest BCUT2D eigenvalue weighted by Gasteiger charge is 2.21. The van der Waals surface area contributed by atoms with Crippen LogP contribution >= 0.6 is 11.3 Å². The number of piperidine rings is 1. The Kier molecular flexibility index (Phi) is 6.49. The molecule has 3 rings (SSSR count). The Morgan fingerprint density at radius 1 is 1.28 bits per heavy atom. The van der Waals surface area contributed by atoms with Crippen molar-refractivity contribution in [2.75, 3.05) is 31.6 Å². The van der Waals surface area contributed by atoms with Gasteiger partial charge in [-0.25, -0.2) is 0 Å². The molecule has 134 valence electrons. The summed E-state index contributed by atoms with van der Waals surface area (Å²) in [5.74, 6) is 0.559. The lowest BCUT2D eigenvalue weighted by Gasteiger charge is -2.31. The highest BCUT2D eigenvalue weighted by atomic mass is 32.1. The summed E-state index contributed by atoms with van der Waals surface area (Å²) in [6.45, 7) is 5.61. The molecule has 0 spiro atoms. The maximum Gasteiger partial charge on any atom is 0.240 e. The number of carbonyl (C=O) groups is 1. The molecule has 0 saturated carbocycles. The molecule has 0 radical (unpaired) electrons. The summed E-state index contributed by atoms with van der Waals surface area (Å²) in [4.78, 5) is 14.3. The maximum absolute atomic E-state index is 12.1. The predicted molar refractivity (Wildman–Crippen MR) is 98.5 cm³/mol. The van der Waals surface area contributed by atoms with Crippen LogP contribution in [0.4, 0.5) is 5.13 Å². The lowest BCUT2D eigenvalue weighted by Crippen LogP contribution is -2.40. The minimum Gasteiger partial charge on any atom is -0.376 e. The molecule has 1 N–H and O–H groups in total. The van der Waals surface area contributed by atoms with Crippen molar-refractivity contribution in [1.29, 1.82) is 0 Å². The molecule has 2 aromatic rings. The lowest BCUT2D eigenvalue weighted by molar-refractivity contribution is -0.117. The van der Waals surface area contributed by atoms with Gasteiger partial charge in [0.1, 0.15) is 5.01 Å². The number of ether oxygens (including phenoxy) is 1. The third kappa shape index (κ3) is 5.88. The zero-order valence-corrected chi connectivity index (χ0v) is 15.3. The largest absolute Gasteiger partial charge is 0.376 e. The second-order valence-corrected chi connectivity index (χ2v) is 7.58. The molecule has 1 aromatic carbocycles. The van der Waals surface area contributed by atoms with E-state index in [4.69, 9.17) is 4.74 Å². The molecule has 0 bridgehead atoms. The molecular weight excluding hydrogens is 336 g/mol. The van der Waals surface area contributed by atoms with Crippen LogP contribution in [0.3, 0.4) is 0 Å². The van der Waals surface area contributed by atoms with Gasteiger partial charge in [0.15, 0.2) is 0 Å². The first-order chi connectivity index (χ1) is 12.2. The third-order valence-corrected chi connectivity index (χ3v) is 5.07. The summed E-state index contributed by atoms with van der Waals surface area (Å²) < 4.78 is 5.85. The smallest absolute Gasteiger partial charge is 0.240 e. The van der Waals surface area contributed by atoms with Crippen molar-refractivity contribution < 1.29 is 9.53 Å². The van der Waals surface area contributed by atoms with Crippen molar-refractivity contribution in [3.8, 4) is 0 Å². The van der Waals surface area contributed by atoms with Crippen LogP contribution in [0.2, 0.25) is 0 Å². The van der Waals surface area contributed by atoms with Gasteiger partial charge >= 0.3 is 0 Å². The Labute approximate surface area is 152 Å². The number of rotatable bonds is 7. The number of aryl methyl sites for hydroxylation is 1. The minimum absolute atomic E-state index is 0.0186. The van der Waals surface area contributed by atoms with E-state index in [0.717, 1.165) is 37.5 Å². The number of aromatic nitrogens is 2. The highest BCUT2D eigenvalue weighted by Crippen LogP contribution is 2.18. The highest BCUT2D eigenvalue weighted by molar-refractivity contribution is 7.15. The molecule has 7 heteroatoms. The van der Waals surface area contributed by atoms with Crippen LogP contribution in [0.15, 0.2) is 30.3 Å². The van der Waals surface area contributed by atoms with E-state index in [1.54, 1.807) is 0 Å². The standard InChI is InChI=1S/C18H24N4O2S/c1-14-20-21-18(25-14)19-17(23)11-22-9-7-16(8-10-22)13-24-12-15-5-3-2-4-6-15/h2-6,16H,7-13H2,1H3,(H,19,21,23). The fourth-order valence-corrected chi connectivity index (χ4v) is 3.55. The van der Waals surface area contributed by atoms with E-state index in [1.165, 1.54) is 16.9 Å². The van der Waals surface area contributed by atoms with Gasteiger partial charge in [0.2, 0.25) is 11.0 Å². The van der Waals surface area contributed by atoms with E-state index in [9.17, 15) is 4.79 Å². The molecule has 1 aliphatic rings. The monoisotopic (exact) mass is 360 g/mol. The van der Waals surface area contributed by atoms with Gasteiger partial charge < -0.3 is 4.74 Å². The Hall–Kier alpha value is -1.83. The second kappa shape index (κ2) is 9.03. The molecule has 1 aromatic heterocycles. The molecule has 1 amide bonds. The summed E-state index contributed by atoms with van der Waals surface area (Å²) in [5, 5.41) is 12.1. The SMILES string of the molecule is Cc1nnc(NC(=O)CN2CCC(COCc3ccccc3)CC2)s1. The first-order valence-electron chi connectivity index (χ1n) is 8.63. The number of hydrogen-bond donors (Lipinski definition) is 1. The van der Waals surface area contributed by atoms with E-state index in [-0.39, 0.29) is 5.91 Å². The van der Waals surface area contributed by atoms with Crippen LogP contribution in [-0.2, 0) is 16.1 Å². The van der Waals surface area contributed by atoms with Crippen molar-refractivity contribution in [2.24, 2.45) is 5.92 Å². The van der Waals surface area contributed by atoms with E-state index in [2.05, 4.69) is 32.5 Å². The number of nitrogens with one attached hydrogen (secondary N) is 1. The summed E-state index contributed by atoms with van der Waals surface area (Å²) in [5.41, 5.74) is 1.21. The topological polar surface area (TPSA) is 67.4 Å². The molecule has 25 heavy (non-hydrogen) atoms. The molecule has 1 saturated heterocycles. The number of nitrogens with zero attached hydrogens (tertiary/aromatic N) is 3. The average molecular weight is 360 g/mol. The Bertz CT molecular complexity index is 669. The van der Waals surface area contributed by atoms with E-state index < -0.39 is 0 Å². The van der Waals surface area contributed by atoms with Gasteiger partial charge in [0.05, 0.1) is 13.2 Å². The first-order valence-corrected chi connectivity index (χ1v) is 9.44. The summed E-state index contributed by atoms with van der Waals surface area (Å²) in [6, 6.07) is 10.2. The molecule has 6 nitrogen and oxygen atoms in total. The fourth-order valence-electron chi connectivity index (χ4n) is 2.94. The number of amides is 1. The van der Waals surface area contributed by atoms with Gasteiger partial charge in [-0.1, -0.05) is 41.7 Å². The van der Waals surface area contributed by atoms with Crippen LogP contribution in [0.5, 0.6) is 0 Å². The summed E-state index contributed by atoms with van der Waals surface area (Å²) in [6.07, 6.45) is 2.14. The van der Waals surface area contributed by atoms with Crippen LogP contribution in [0.1, 0.15) is 23.4 Å². The molecule has 2 heterocycles. The number of likely N-dealkylation sites (tertiary alicyclic amines) is 1. The average Bonchev–Trinajstić information content (AvgIpc) is 3.02. The van der Waals surface area contributed by atoms with Crippen molar-refractivity contribution in [3.63, 3.8) is 0 Å². The maximum atomic E-state index is 12.1. The Balaban J connectivity index is 1.32. The minimum atomic E-state index is -0.0186. The number of hydrogen-bond acceptors (Lipinski definition) is 6. The lowest BCUT2D eigenvalue weighted by atomic mass is 9.98. The summed E-state index contributed by atoms with van der Waals surface area (Å²) >= 11 is 1.40. The van der Waals surface area contributed by atoms with Gasteiger partial charge in [0.25, 0.3) is 0 Å². The van der Waals surface area contributed by atoms with Gasteiger partial charge in [-0.15, -0.1) is 10.2 Å². The normalized spacial score (nSPS) is 16.0. The molecule has 0 aliphatic carbocycles. The van der Waals surface area contributed by atoms with Crippen LogP contribution in [0.25, 0.3) is 0 Å². The second-order valence-electron chi connectivity index (χ2n) is 6.39. The van der Waals surface area contributed by atoms with Crippen molar-refractivity contribution >= 4 is 22.4 Å². The van der Waals surface area contributed by atoms with Crippen molar-refractivity contribution in [2.45, 2.75) is 26.4 Å². The van der Waals surface area contributed by atoms with E-state index >= 15 is 0 Å². The van der Waals surface area contributed by atoms with Gasteiger partial charge in [-0.3, -0.25) is 15.0 Å². The van der Waals surface area contributed by atoms with Crippen molar-refractivity contribution in [3.05, 3.63) is 40.9 Å². The van der Waals surface area contributed by atoms with Crippen LogP contribution in [0, 0.1) is 12.8 Å². The quantitative estimate of drug-likeness (QED) is 0.822. The predicted octanol–water partition coefficient (Wildman–Crippen LogP) is 2.71. The van der Waals surface area contributed by atoms with E-state index in [1.807, 2.05) is 25.1 Å². The number of anilines is 1. The zero-order chi connectivity index (χ0) is 17.5. The molecule has 0 atom stereocenters. The summed E-state index contributed by atoms with van der Waals surface area (Å²) in [7, 11) is 0. The zero-order valence-electron chi connectivity index (χ0n) is 14.5. The number of benzene rings is 1. The van der Waals surface area contributed by atoms with Gasteiger partial charge in [0, 0.05) is 6.61 Å². The van der Waals surface area contributed by atoms with Crippen LogP contribution in [-0.4, -0.2) is 47.2 Å². The molecule has 1 aliphatic heterocycles. The fraction of sp³-hybridized carbons (Fsp3) is 0.500.